The van der Waals surface area contributed by atoms with Gasteiger partial charge in [-0.2, -0.15) is 0 Å². The minimum atomic E-state index is -0.0309. The van der Waals surface area contributed by atoms with Gasteiger partial charge in [0, 0.05) is 23.7 Å². The summed E-state index contributed by atoms with van der Waals surface area (Å²) in [6.07, 6.45) is 3.56. The van der Waals surface area contributed by atoms with Crippen molar-refractivity contribution in [2.75, 3.05) is 0 Å². The number of carbonyl (C=O) groups excluding carboxylic acids is 1. The van der Waals surface area contributed by atoms with Crippen molar-refractivity contribution >= 4 is 5.91 Å². The fraction of sp³-hybridized carbons (Fsp3) is 0.435. The zero-order chi connectivity index (χ0) is 18.1. The van der Waals surface area contributed by atoms with Crippen LogP contribution in [0, 0.1) is 11.8 Å². The zero-order valence-corrected chi connectivity index (χ0v) is 15.7. The molecule has 1 saturated carbocycles. The highest BCUT2D eigenvalue weighted by atomic mass is 16.2. The summed E-state index contributed by atoms with van der Waals surface area (Å²) >= 11 is 0. The van der Waals surface area contributed by atoms with Gasteiger partial charge < -0.3 is 4.90 Å². The predicted octanol–water partition coefficient (Wildman–Crippen LogP) is 4.76. The summed E-state index contributed by atoms with van der Waals surface area (Å²) in [7, 11) is 0. The van der Waals surface area contributed by atoms with E-state index in [9.17, 15) is 4.79 Å². The second-order valence-corrected chi connectivity index (χ2v) is 7.90. The lowest BCUT2D eigenvalue weighted by molar-refractivity contribution is 0.0317. The molecule has 1 aliphatic carbocycles. The summed E-state index contributed by atoms with van der Waals surface area (Å²) < 4.78 is 0. The van der Waals surface area contributed by atoms with Crippen molar-refractivity contribution in [3.8, 4) is 0 Å². The number of fused-ring (bicyclic) bond motifs is 1. The molecule has 2 aliphatic rings. The van der Waals surface area contributed by atoms with Crippen LogP contribution >= 0.6 is 0 Å². The van der Waals surface area contributed by atoms with E-state index >= 15 is 0 Å². The van der Waals surface area contributed by atoms with Crippen LogP contribution in [0.25, 0.3) is 0 Å². The van der Waals surface area contributed by atoms with Gasteiger partial charge in [-0.15, -0.1) is 0 Å². The average molecular weight is 348 g/mol. The van der Waals surface area contributed by atoms with Crippen molar-refractivity contribution in [1.82, 2.24) is 10.2 Å². The Hall–Kier alpha value is -2.13. The Morgan fingerprint density at radius 3 is 2.54 bits per heavy atom. The Balaban J connectivity index is 1.63. The van der Waals surface area contributed by atoms with Crippen molar-refractivity contribution < 1.29 is 4.79 Å². The number of carbonyl (C=O) groups is 1. The molecular weight excluding hydrogens is 320 g/mol. The van der Waals surface area contributed by atoms with E-state index in [0.29, 0.717) is 17.9 Å². The van der Waals surface area contributed by atoms with E-state index < -0.39 is 0 Å². The van der Waals surface area contributed by atoms with Crippen molar-refractivity contribution in [3.63, 3.8) is 0 Å². The maximum Gasteiger partial charge on any atom is 0.256 e. The molecule has 3 nitrogen and oxygen atoms in total. The molecule has 0 radical (unpaired) electrons. The van der Waals surface area contributed by atoms with Gasteiger partial charge in [-0.3, -0.25) is 10.1 Å². The van der Waals surface area contributed by atoms with E-state index in [2.05, 4.69) is 54.4 Å². The molecule has 3 heteroatoms. The molecular formula is C23H28N2O. The van der Waals surface area contributed by atoms with Gasteiger partial charge >= 0.3 is 0 Å². The molecule has 1 aliphatic heterocycles. The Morgan fingerprint density at radius 2 is 1.73 bits per heavy atom. The van der Waals surface area contributed by atoms with E-state index in [-0.39, 0.29) is 12.1 Å². The van der Waals surface area contributed by atoms with Crippen molar-refractivity contribution in [3.05, 3.63) is 71.3 Å². The van der Waals surface area contributed by atoms with E-state index in [1.807, 2.05) is 24.3 Å². The summed E-state index contributed by atoms with van der Waals surface area (Å²) in [5.41, 5.74) is 3.23. The van der Waals surface area contributed by atoms with Crippen LogP contribution < -0.4 is 5.32 Å². The van der Waals surface area contributed by atoms with Gasteiger partial charge in [-0.25, -0.2) is 0 Å². The number of amides is 1. The monoisotopic (exact) mass is 348 g/mol. The summed E-state index contributed by atoms with van der Waals surface area (Å²) in [6.45, 7) is 5.41. The van der Waals surface area contributed by atoms with Gasteiger partial charge in [0.15, 0.2) is 0 Å². The Morgan fingerprint density at radius 1 is 1.00 bits per heavy atom. The smallest absolute Gasteiger partial charge is 0.256 e. The highest BCUT2D eigenvalue weighted by Crippen LogP contribution is 2.41. The molecule has 0 saturated heterocycles. The number of benzene rings is 2. The molecule has 1 fully saturated rings. The number of nitrogens with zero attached hydrogens (tertiary/aromatic N) is 1. The molecule has 1 amide bonds. The number of nitrogens with one attached hydrogen (secondary N) is 1. The van der Waals surface area contributed by atoms with E-state index in [0.717, 1.165) is 24.1 Å². The third-order valence-electron chi connectivity index (χ3n) is 6.36. The van der Waals surface area contributed by atoms with Gasteiger partial charge in [-0.05, 0) is 29.9 Å². The highest BCUT2D eigenvalue weighted by Gasteiger charge is 2.43. The molecule has 1 N–H and O–H groups in total. The van der Waals surface area contributed by atoms with E-state index in [1.54, 1.807) is 0 Å². The fourth-order valence-corrected chi connectivity index (χ4v) is 4.64. The van der Waals surface area contributed by atoms with Gasteiger partial charge in [-0.1, -0.05) is 75.2 Å². The van der Waals surface area contributed by atoms with Crippen LogP contribution in [0.1, 0.15) is 60.8 Å². The molecule has 0 aromatic heterocycles. The van der Waals surface area contributed by atoms with Crippen LogP contribution in [0.3, 0.4) is 0 Å². The molecule has 26 heavy (non-hydrogen) atoms. The molecule has 0 bridgehead atoms. The van der Waals surface area contributed by atoms with Gasteiger partial charge in [0.25, 0.3) is 5.91 Å². The van der Waals surface area contributed by atoms with Crippen LogP contribution in [0.5, 0.6) is 0 Å². The van der Waals surface area contributed by atoms with Gasteiger partial charge in [0.2, 0.25) is 0 Å². The van der Waals surface area contributed by atoms with Crippen molar-refractivity contribution in [2.45, 2.75) is 51.9 Å². The standard InChI is InChI=1S/C23H28N2O/c1-16-9-8-14-21(17(16)2)25-22(24-15-18-10-4-3-5-11-18)19-12-6-7-13-20(19)23(25)26/h3-7,10-13,16-17,21-22,24H,8-9,14-15H2,1-2H3/t16-,17+,21+,22-/m1/s1. The van der Waals surface area contributed by atoms with E-state index in [1.165, 1.54) is 18.4 Å². The van der Waals surface area contributed by atoms with Crippen molar-refractivity contribution in [2.24, 2.45) is 11.8 Å². The minimum Gasteiger partial charge on any atom is -0.316 e. The lowest BCUT2D eigenvalue weighted by atomic mass is 9.77. The highest BCUT2D eigenvalue weighted by molar-refractivity contribution is 5.99. The van der Waals surface area contributed by atoms with Gasteiger partial charge in [0.1, 0.15) is 6.17 Å². The first-order chi connectivity index (χ1) is 12.7. The van der Waals surface area contributed by atoms with E-state index in [4.69, 9.17) is 0 Å². The summed E-state index contributed by atoms with van der Waals surface area (Å²) in [5.74, 6) is 1.39. The molecule has 4 rings (SSSR count). The molecule has 136 valence electrons. The number of rotatable bonds is 4. The Labute approximate surface area is 156 Å². The quantitative estimate of drug-likeness (QED) is 0.864. The van der Waals surface area contributed by atoms with Crippen LogP contribution in [0.4, 0.5) is 0 Å². The largest absolute Gasteiger partial charge is 0.316 e. The fourth-order valence-electron chi connectivity index (χ4n) is 4.64. The molecule has 0 spiro atoms. The number of hydrogen-bond acceptors (Lipinski definition) is 2. The van der Waals surface area contributed by atoms with Crippen LogP contribution in [-0.2, 0) is 6.54 Å². The SMILES string of the molecule is C[C@H]1[C@H](C)CCC[C@@H]1N1C(=O)c2ccccc2[C@@H]1NCc1ccccc1. The minimum absolute atomic E-state index is 0.0309. The third-order valence-corrected chi connectivity index (χ3v) is 6.36. The lowest BCUT2D eigenvalue weighted by Gasteiger charge is -2.42. The second-order valence-electron chi connectivity index (χ2n) is 7.90. The van der Waals surface area contributed by atoms with Crippen LogP contribution in [0.2, 0.25) is 0 Å². The maximum absolute atomic E-state index is 13.3. The molecule has 2 aromatic carbocycles. The normalized spacial score (nSPS) is 28.2. The first-order valence-electron chi connectivity index (χ1n) is 9.85. The van der Waals surface area contributed by atoms with Crippen LogP contribution in [0.15, 0.2) is 54.6 Å². The maximum atomic E-state index is 13.3. The summed E-state index contributed by atoms with van der Waals surface area (Å²) in [6, 6.07) is 18.8. The van der Waals surface area contributed by atoms with Crippen molar-refractivity contribution in [1.29, 1.82) is 0 Å². The summed E-state index contributed by atoms with van der Waals surface area (Å²) in [5, 5.41) is 3.67. The second kappa shape index (κ2) is 7.24. The predicted molar refractivity (Wildman–Crippen MR) is 105 cm³/mol. The topological polar surface area (TPSA) is 32.3 Å². The molecule has 1 heterocycles. The van der Waals surface area contributed by atoms with Crippen LogP contribution in [-0.4, -0.2) is 16.8 Å². The Bertz CT molecular complexity index is 773. The zero-order valence-electron chi connectivity index (χ0n) is 15.7. The first kappa shape index (κ1) is 17.3. The lowest BCUT2D eigenvalue weighted by Crippen LogP contribution is -2.49. The molecule has 0 unspecified atom stereocenters. The summed E-state index contributed by atoms with van der Waals surface area (Å²) in [4.78, 5) is 15.4. The van der Waals surface area contributed by atoms with Gasteiger partial charge in [0.05, 0.1) is 0 Å². The number of hydrogen-bond donors (Lipinski definition) is 1. The average Bonchev–Trinajstić information content (AvgIpc) is 2.95. The molecule has 2 aromatic rings. The first-order valence-corrected chi connectivity index (χ1v) is 9.85. The Kier molecular flexibility index (Phi) is 4.82. The third kappa shape index (κ3) is 3.05. The molecule has 4 atom stereocenters.